The largest absolute Gasteiger partial charge is 0.456 e. The average Bonchev–Trinajstić information content (AvgIpc) is 4.22. The third-order valence-corrected chi connectivity index (χ3v) is 15.8. The van der Waals surface area contributed by atoms with E-state index >= 15 is 0 Å². The predicted molar refractivity (Wildman–Crippen MR) is 303 cm³/mol. The van der Waals surface area contributed by atoms with E-state index in [4.69, 9.17) is 23.8 Å². The SMILES string of the molecule is c1ccc(-c2ccc(-c3nc(-c4ccc5oc6ccccc6c5c4)nc(-c4cccc5oc6ccc(-c7ccc(-c8ccc9c(c8)C8(c%10ccccc%10-c%10ccccc%108)c8ccccc8-9)cc7)cc6c45)n3)cc2)cc1. The van der Waals surface area contributed by atoms with Crippen LogP contribution >= 0.6 is 0 Å². The molecule has 0 aliphatic heterocycles. The molecule has 0 saturated carbocycles. The molecule has 0 unspecified atom stereocenters. The number of furan rings is 2. The number of aromatic nitrogens is 3. The highest BCUT2D eigenvalue weighted by atomic mass is 16.3. The van der Waals surface area contributed by atoms with Crippen molar-refractivity contribution in [3.8, 4) is 89.8 Å². The van der Waals surface area contributed by atoms with Crippen LogP contribution in [0, 0.1) is 0 Å². The summed E-state index contributed by atoms with van der Waals surface area (Å²) in [5.41, 5.74) is 22.9. The second-order valence-electron chi connectivity index (χ2n) is 19.8. The normalized spacial score (nSPS) is 12.9. The van der Waals surface area contributed by atoms with Crippen LogP contribution in [-0.2, 0) is 5.41 Å². The van der Waals surface area contributed by atoms with Gasteiger partial charge in [0.1, 0.15) is 22.3 Å². The molecular weight excluding hydrogens is 915 g/mol. The summed E-state index contributed by atoms with van der Waals surface area (Å²) in [4.78, 5) is 15.7. The van der Waals surface area contributed by atoms with Gasteiger partial charge < -0.3 is 8.83 Å². The van der Waals surface area contributed by atoms with Gasteiger partial charge in [-0.3, -0.25) is 0 Å². The van der Waals surface area contributed by atoms with Crippen molar-refractivity contribution in [2.75, 3.05) is 0 Å². The Morgan fingerprint density at radius 1 is 0.240 bits per heavy atom. The lowest BCUT2D eigenvalue weighted by Crippen LogP contribution is -2.25. The van der Waals surface area contributed by atoms with Crippen LogP contribution in [0.1, 0.15) is 22.3 Å². The number of hydrogen-bond acceptors (Lipinski definition) is 5. The molecule has 2 aliphatic rings. The monoisotopic (exact) mass is 955 g/mol. The maximum absolute atomic E-state index is 6.61. The Labute approximate surface area is 431 Å². The Morgan fingerprint density at radius 2 is 0.667 bits per heavy atom. The first kappa shape index (κ1) is 41.6. The van der Waals surface area contributed by atoms with Crippen molar-refractivity contribution in [3.05, 3.63) is 271 Å². The smallest absolute Gasteiger partial charge is 0.164 e. The summed E-state index contributed by atoms with van der Waals surface area (Å²) < 4.78 is 12.8. The van der Waals surface area contributed by atoms with Crippen LogP contribution in [0.3, 0.4) is 0 Å². The fourth-order valence-corrected chi connectivity index (χ4v) is 12.4. The quantitative estimate of drug-likeness (QED) is 0.166. The van der Waals surface area contributed by atoms with Gasteiger partial charge in [0, 0.05) is 38.2 Å². The second kappa shape index (κ2) is 16.0. The topological polar surface area (TPSA) is 65.0 Å². The van der Waals surface area contributed by atoms with Crippen molar-refractivity contribution in [3.63, 3.8) is 0 Å². The molecule has 2 aliphatic carbocycles. The van der Waals surface area contributed by atoms with Crippen molar-refractivity contribution < 1.29 is 8.83 Å². The van der Waals surface area contributed by atoms with Crippen LogP contribution in [0.4, 0.5) is 0 Å². The van der Waals surface area contributed by atoms with Crippen LogP contribution < -0.4 is 0 Å². The molecule has 348 valence electrons. The fraction of sp³-hybridized carbons (Fsp3) is 0.0143. The lowest BCUT2D eigenvalue weighted by molar-refractivity contribution is 0.668. The molecule has 1 spiro atoms. The minimum Gasteiger partial charge on any atom is -0.456 e. The van der Waals surface area contributed by atoms with Crippen molar-refractivity contribution in [1.82, 2.24) is 15.0 Å². The Morgan fingerprint density at radius 3 is 1.36 bits per heavy atom. The summed E-state index contributed by atoms with van der Waals surface area (Å²) in [6, 6.07) is 88.8. The number of rotatable bonds is 6. The summed E-state index contributed by atoms with van der Waals surface area (Å²) in [6.45, 7) is 0. The molecule has 75 heavy (non-hydrogen) atoms. The summed E-state index contributed by atoms with van der Waals surface area (Å²) >= 11 is 0. The van der Waals surface area contributed by atoms with Gasteiger partial charge in [0.25, 0.3) is 0 Å². The zero-order chi connectivity index (χ0) is 49.2. The molecule has 0 N–H and O–H groups in total. The number of nitrogens with zero attached hydrogens (tertiary/aromatic N) is 3. The van der Waals surface area contributed by atoms with E-state index < -0.39 is 0 Å². The van der Waals surface area contributed by atoms with Gasteiger partial charge in [-0.2, -0.15) is 0 Å². The molecule has 11 aromatic carbocycles. The Hall–Kier alpha value is -9.97. The maximum Gasteiger partial charge on any atom is 0.164 e. The van der Waals surface area contributed by atoms with Gasteiger partial charge in [-0.05, 0) is 126 Å². The second-order valence-corrected chi connectivity index (χ2v) is 19.8. The third kappa shape index (κ3) is 6.22. The van der Waals surface area contributed by atoms with Crippen LogP contribution in [-0.4, -0.2) is 15.0 Å². The zero-order valence-electron chi connectivity index (χ0n) is 40.3. The molecule has 0 bridgehead atoms. The van der Waals surface area contributed by atoms with E-state index in [2.05, 4.69) is 200 Å². The third-order valence-electron chi connectivity index (χ3n) is 15.8. The van der Waals surface area contributed by atoms with Crippen LogP contribution in [0.2, 0.25) is 0 Å². The van der Waals surface area contributed by atoms with E-state index in [0.29, 0.717) is 17.5 Å². The van der Waals surface area contributed by atoms with E-state index in [-0.39, 0.29) is 5.41 Å². The summed E-state index contributed by atoms with van der Waals surface area (Å²) in [7, 11) is 0. The molecule has 0 radical (unpaired) electrons. The van der Waals surface area contributed by atoms with Gasteiger partial charge in [-0.1, -0.05) is 200 Å². The number of fused-ring (bicyclic) bond motifs is 16. The van der Waals surface area contributed by atoms with Crippen molar-refractivity contribution in [2.45, 2.75) is 5.41 Å². The van der Waals surface area contributed by atoms with E-state index in [1.165, 1.54) is 55.6 Å². The van der Waals surface area contributed by atoms with Gasteiger partial charge in [0.05, 0.1) is 5.41 Å². The first-order valence-electron chi connectivity index (χ1n) is 25.5. The van der Waals surface area contributed by atoms with E-state index in [0.717, 1.165) is 82.8 Å². The summed E-state index contributed by atoms with van der Waals surface area (Å²) in [5.74, 6) is 1.71. The zero-order valence-corrected chi connectivity index (χ0v) is 40.3. The van der Waals surface area contributed by atoms with Gasteiger partial charge in [-0.15, -0.1) is 0 Å². The number of para-hydroxylation sites is 1. The van der Waals surface area contributed by atoms with Gasteiger partial charge in [0.2, 0.25) is 0 Å². The van der Waals surface area contributed by atoms with E-state index in [9.17, 15) is 0 Å². The Bertz CT molecular complexity index is 4580. The standard InChI is InChI=1S/C70H41N3O2/c1-2-13-42(14-3-1)43-29-31-46(32-30-43)67-71-68(49-35-38-63-56(40-49)54-18-7-11-23-62(54)74-63)73-69(72-67)55-19-12-24-65-66(55)57-39-47(34-37-64(57)75-65)44-25-27-45(28-26-44)48-33-36-53-52-17-6-10-22-60(52)70(61(53)41-48)58-20-8-4-15-50(58)51-16-5-9-21-59(51)70/h1-41H. The molecule has 0 amide bonds. The van der Waals surface area contributed by atoms with E-state index in [1.54, 1.807) is 0 Å². The lowest BCUT2D eigenvalue weighted by atomic mass is 9.70. The molecule has 5 heteroatoms. The van der Waals surface area contributed by atoms with Crippen molar-refractivity contribution in [2.24, 2.45) is 0 Å². The molecular formula is C70H41N3O2. The molecule has 16 rings (SSSR count). The minimum absolute atomic E-state index is 0.390. The van der Waals surface area contributed by atoms with Gasteiger partial charge >= 0.3 is 0 Å². The number of hydrogen-bond donors (Lipinski definition) is 0. The molecule has 14 aromatic rings. The molecule has 3 aromatic heterocycles. The van der Waals surface area contributed by atoms with Gasteiger partial charge in [-0.25, -0.2) is 15.0 Å². The van der Waals surface area contributed by atoms with Crippen LogP contribution in [0.25, 0.3) is 134 Å². The Kier molecular flexibility index (Phi) is 8.89. The highest BCUT2D eigenvalue weighted by Gasteiger charge is 2.51. The number of benzene rings is 11. The highest BCUT2D eigenvalue weighted by molar-refractivity contribution is 6.13. The van der Waals surface area contributed by atoms with Gasteiger partial charge in [0.15, 0.2) is 17.5 Å². The maximum atomic E-state index is 6.61. The predicted octanol–water partition coefficient (Wildman–Crippen LogP) is 18.0. The molecule has 3 heterocycles. The minimum atomic E-state index is -0.390. The van der Waals surface area contributed by atoms with Crippen LogP contribution in [0.15, 0.2) is 258 Å². The summed E-state index contributed by atoms with van der Waals surface area (Å²) in [5, 5.41) is 4.00. The molecule has 5 nitrogen and oxygen atoms in total. The highest BCUT2D eigenvalue weighted by Crippen LogP contribution is 2.63. The first-order valence-corrected chi connectivity index (χ1v) is 25.5. The fourth-order valence-electron chi connectivity index (χ4n) is 12.4. The Balaban J connectivity index is 0.799. The lowest BCUT2D eigenvalue weighted by Gasteiger charge is -2.30. The molecule has 0 atom stereocenters. The summed E-state index contributed by atoms with van der Waals surface area (Å²) in [6.07, 6.45) is 0. The molecule has 0 fully saturated rings. The average molecular weight is 956 g/mol. The molecule has 0 saturated heterocycles. The van der Waals surface area contributed by atoms with Crippen LogP contribution in [0.5, 0.6) is 0 Å². The van der Waals surface area contributed by atoms with E-state index in [1.807, 2.05) is 48.5 Å². The van der Waals surface area contributed by atoms with Crippen molar-refractivity contribution in [1.29, 1.82) is 0 Å². The van der Waals surface area contributed by atoms with Crippen molar-refractivity contribution >= 4 is 43.9 Å². The first-order chi connectivity index (χ1) is 37.1.